The van der Waals surface area contributed by atoms with Crippen LogP contribution in [0.2, 0.25) is 5.02 Å². The molecule has 1 saturated carbocycles. The Kier molecular flexibility index (Phi) is 5.82. The summed E-state index contributed by atoms with van der Waals surface area (Å²) < 4.78 is 19.1. The summed E-state index contributed by atoms with van der Waals surface area (Å²) in [5.74, 6) is 0.390. The molecule has 0 heterocycles. The molecule has 0 bridgehead atoms. The molecule has 1 aromatic carbocycles. The first-order chi connectivity index (χ1) is 9.65. The molecule has 2 rings (SSSR count). The second-order valence-corrected chi connectivity index (χ2v) is 5.95. The van der Waals surface area contributed by atoms with Gasteiger partial charge < -0.3 is 10.1 Å². The predicted octanol–water partition coefficient (Wildman–Crippen LogP) is 3.81. The quantitative estimate of drug-likeness (QED) is 0.788. The SMILES string of the molecule is CCCNC(Cc1cc(F)ccc1Cl)C(OC)C1CC1. The van der Waals surface area contributed by atoms with E-state index in [1.54, 1.807) is 13.2 Å². The van der Waals surface area contributed by atoms with Gasteiger partial charge in [0.05, 0.1) is 6.10 Å². The lowest BCUT2D eigenvalue weighted by atomic mass is 9.97. The summed E-state index contributed by atoms with van der Waals surface area (Å²) in [5.41, 5.74) is 0.850. The maximum Gasteiger partial charge on any atom is 0.123 e. The van der Waals surface area contributed by atoms with Crippen molar-refractivity contribution in [2.45, 2.75) is 44.8 Å². The van der Waals surface area contributed by atoms with E-state index >= 15 is 0 Å². The van der Waals surface area contributed by atoms with Crippen LogP contribution in [0, 0.1) is 11.7 Å². The average Bonchev–Trinajstić information content (AvgIpc) is 3.25. The van der Waals surface area contributed by atoms with Crippen LogP contribution in [0.25, 0.3) is 0 Å². The van der Waals surface area contributed by atoms with Crippen molar-refractivity contribution in [1.29, 1.82) is 0 Å². The van der Waals surface area contributed by atoms with Gasteiger partial charge in [0, 0.05) is 18.2 Å². The van der Waals surface area contributed by atoms with Crippen molar-refractivity contribution in [2.24, 2.45) is 5.92 Å². The smallest absolute Gasteiger partial charge is 0.123 e. The van der Waals surface area contributed by atoms with Crippen molar-refractivity contribution in [3.05, 3.63) is 34.6 Å². The predicted molar refractivity (Wildman–Crippen MR) is 80.7 cm³/mol. The first kappa shape index (κ1) is 15.7. The molecule has 0 amide bonds. The van der Waals surface area contributed by atoms with E-state index in [0.29, 0.717) is 17.4 Å². The lowest BCUT2D eigenvalue weighted by molar-refractivity contribution is 0.0511. The van der Waals surface area contributed by atoms with Gasteiger partial charge in [0.2, 0.25) is 0 Å². The Hall–Kier alpha value is -0.640. The minimum atomic E-state index is -0.237. The van der Waals surface area contributed by atoms with Gasteiger partial charge in [-0.05, 0) is 61.9 Å². The number of nitrogens with one attached hydrogen (secondary N) is 1. The lowest BCUT2D eigenvalue weighted by Crippen LogP contribution is -2.44. The molecule has 2 atom stereocenters. The van der Waals surface area contributed by atoms with Crippen molar-refractivity contribution >= 4 is 11.6 Å². The van der Waals surface area contributed by atoms with Crippen LogP contribution in [-0.4, -0.2) is 25.8 Å². The van der Waals surface area contributed by atoms with Crippen LogP contribution in [0.4, 0.5) is 4.39 Å². The molecule has 112 valence electrons. The van der Waals surface area contributed by atoms with E-state index in [0.717, 1.165) is 18.5 Å². The number of halogens is 2. The standard InChI is InChI=1S/C16H23ClFNO/c1-3-8-19-15(16(20-2)11-4-5-11)10-12-9-13(18)6-7-14(12)17/h6-7,9,11,15-16,19H,3-5,8,10H2,1-2H3. The monoisotopic (exact) mass is 299 g/mol. The normalized spacial score (nSPS) is 18.0. The van der Waals surface area contributed by atoms with Crippen LogP contribution < -0.4 is 5.32 Å². The number of methoxy groups -OCH3 is 1. The number of ether oxygens (including phenoxy) is 1. The van der Waals surface area contributed by atoms with Crippen LogP contribution in [-0.2, 0) is 11.2 Å². The number of hydrogen-bond donors (Lipinski definition) is 1. The topological polar surface area (TPSA) is 21.3 Å². The zero-order valence-electron chi connectivity index (χ0n) is 12.2. The van der Waals surface area contributed by atoms with Crippen LogP contribution in [0.3, 0.4) is 0 Å². The zero-order chi connectivity index (χ0) is 14.5. The van der Waals surface area contributed by atoms with E-state index in [-0.39, 0.29) is 18.0 Å². The van der Waals surface area contributed by atoms with Crippen molar-refractivity contribution in [3.8, 4) is 0 Å². The average molecular weight is 300 g/mol. The number of benzene rings is 1. The second kappa shape index (κ2) is 7.39. The lowest BCUT2D eigenvalue weighted by Gasteiger charge is -2.27. The Morgan fingerprint density at radius 2 is 2.20 bits per heavy atom. The second-order valence-electron chi connectivity index (χ2n) is 5.54. The Balaban J connectivity index is 2.11. The van der Waals surface area contributed by atoms with Crippen LogP contribution in [0.15, 0.2) is 18.2 Å². The highest BCUT2D eigenvalue weighted by atomic mass is 35.5. The third kappa shape index (κ3) is 4.18. The molecular formula is C16H23ClFNO. The van der Waals surface area contributed by atoms with Gasteiger partial charge in [0.15, 0.2) is 0 Å². The Labute approximate surface area is 125 Å². The summed E-state index contributed by atoms with van der Waals surface area (Å²) in [6, 6.07) is 4.74. The first-order valence-corrected chi connectivity index (χ1v) is 7.73. The fourth-order valence-electron chi connectivity index (χ4n) is 2.68. The highest BCUT2D eigenvalue weighted by molar-refractivity contribution is 6.31. The van der Waals surface area contributed by atoms with E-state index < -0.39 is 0 Å². The van der Waals surface area contributed by atoms with Gasteiger partial charge in [0.1, 0.15) is 5.82 Å². The van der Waals surface area contributed by atoms with Gasteiger partial charge in [-0.15, -0.1) is 0 Å². The molecule has 0 radical (unpaired) electrons. The zero-order valence-corrected chi connectivity index (χ0v) is 12.9. The van der Waals surface area contributed by atoms with Gasteiger partial charge in [-0.1, -0.05) is 18.5 Å². The van der Waals surface area contributed by atoms with Crippen LogP contribution in [0.5, 0.6) is 0 Å². The Bertz CT molecular complexity index is 436. The molecular weight excluding hydrogens is 277 g/mol. The summed E-state index contributed by atoms with van der Waals surface area (Å²) in [5, 5.41) is 4.16. The molecule has 0 aliphatic heterocycles. The van der Waals surface area contributed by atoms with E-state index in [4.69, 9.17) is 16.3 Å². The van der Waals surface area contributed by atoms with Crippen LogP contribution in [0.1, 0.15) is 31.7 Å². The first-order valence-electron chi connectivity index (χ1n) is 7.35. The van der Waals surface area contributed by atoms with Crippen LogP contribution >= 0.6 is 11.6 Å². The van der Waals surface area contributed by atoms with Gasteiger partial charge in [0.25, 0.3) is 0 Å². The Morgan fingerprint density at radius 1 is 1.45 bits per heavy atom. The maximum atomic E-state index is 13.4. The highest BCUT2D eigenvalue weighted by Crippen LogP contribution is 2.36. The summed E-state index contributed by atoms with van der Waals surface area (Å²) in [4.78, 5) is 0. The molecule has 0 aromatic heterocycles. The van der Waals surface area contributed by atoms with E-state index in [2.05, 4.69) is 12.2 Å². The molecule has 1 aromatic rings. The van der Waals surface area contributed by atoms with Gasteiger partial charge >= 0.3 is 0 Å². The summed E-state index contributed by atoms with van der Waals surface area (Å²) in [6.07, 6.45) is 4.39. The summed E-state index contributed by atoms with van der Waals surface area (Å²) in [7, 11) is 1.76. The molecule has 0 spiro atoms. The van der Waals surface area contributed by atoms with Crippen molar-refractivity contribution < 1.29 is 9.13 Å². The van der Waals surface area contributed by atoms with Crippen molar-refractivity contribution in [1.82, 2.24) is 5.32 Å². The maximum absolute atomic E-state index is 13.4. The van der Waals surface area contributed by atoms with Gasteiger partial charge in [-0.2, -0.15) is 0 Å². The van der Waals surface area contributed by atoms with E-state index in [1.807, 2.05) is 0 Å². The molecule has 1 aliphatic carbocycles. The summed E-state index contributed by atoms with van der Waals surface area (Å²) >= 11 is 6.18. The van der Waals surface area contributed by atoms with Gasteiger partial charge in [-0.3, -0.25) is 0 Å². The minimum absolute atomic E-state index is 0.181. The van der Waals surface area contributed by atoms with Crippen molar-refractivity contribution in [2.75, 3.05) is 13.7 Å². The minimum Gasteiger partial charge on any atom is -0.380 e. The largest absolute Gasteiger partial charge is 0.380 e. The molecule has 1 aliphatic rings. The molecule has 1 fully saturated rings. The number of hydrogen-bond acceptors (Lipinski definition) is 2. The van der Waals surface area contributed by atoms with Crippen molar-refractivity contribution in [3.63, 3.8) is 0 Å². The van der Waals surface area contributed by atoms with E-state index in [9.17, 15) is 4.39 Å². The third-order valence-electron chi connectivity index (χ3n) is 3.86. The third-order valence-corrected chi connectivity index (χ3v) is 4.23. The van der Waals surface area contributed by atoms with E-state index in [1.165, 1.54) is 25.0 Å². The number of rotatable bonds is 8. The molecule has 4 heteroatoms. The fraction of sp³-hybridized carbons (Fsp3) is 0.625. The molecule has 1 N–H and O–H groups in total. The Morgan fingerprint density at radius 3 is 2.80 bits per heavy atom. The fourth-order valence-corrected chi connectivity index (χ4v) is 2.88. The molecule has 20 heavy (non-hydrogen) atoms. The molecule has 2 nitrogen and oxygen atoms in total. The van der Waals surface area contributed by atoms with Gasteiger partial charge in [-0.25, -0.2) is 4.39 Å². The molecule has 2 unspecified atom stereocenters. The molecule has 0 saturated heterocycles. The highest BCUT2D eigenvalue weighted by Gasteiger charge is 2.36. The summed E-state index contributed by atoms with van der Waals surface area (Å²) in [6.45, 7) is 3.07.